The Bertz CT molecular complexity index is 1180. The Morgan fingerprint density at radius 2 is 1.69 bits per heavy atom. The molecule has 32 heavy (non-hydrogen) atoms. The third-order valence-corrected chi connectivity index (χ3v) is 7.65. The van der Waals surface area contributed by atoms with E-state index in [1.54, 1.807) is 36.4 Å². The first kappa shape index (κ1) is 24.0. The van der Waals surface area contributed by atoms with Crippen LogP contribution in [-0.4, -0.2) is 50.9 Å². The first-order valence-corrected chi connectivity index (χ1v) is 12.5. The smallest absolute Gasteiger partial charge is 0.265 e. The Kier molecular flexibility index (Phi) is 7.70. The van der Waals surface area contributed by atoms with Crippen LogP contribution in [0.1, 0.15) is 37.0 Å². The maximum atomic E-state index is 13.1. The summed E-state index contributed by atoms with van der Waals surface area (Å²) < 4.78 is 38.9. The number of methoxy groups -OCH3 is 2. The molecule has 0 atom stereocenters. The largest absolute Gasteiger partial charge is 0.496 e. The number of ether oxygens (including phenoxy) is 2. The van der Waals surface area contributed by atoms with Gasteiger partial charge in [0.1, 0.15) is 17.1 Å². The van der Waals surface area contributed by atoms with Gasteiger partial charge in [0.05, 0.1) is 29.3 Å². The second-order valence-corrected chi connectivity index (χ2v) is 10.0. The number of aromatic nitrogens is 1. The lowest BCUT2D eigenvalue weighted by Gasteiger charge is -2.20. The van der Waals surface area contributed by atoms with Crippen molar-refractivity contribution in [1.82, 2.24) is 9.29 Å². The number of hydrogen-bond donors (Lipinski definition) is 1. The van der Waals surface area contributed by atoms with Gasteiger partial charge >= 0.3 is 0 Å². The maximum Gasteiger partial charge on any atom is 0.265 e. The van der Waals surface area contributed by atoms with Crippen molar-refractivity contribution in [1.29, 1.82) is 0 Å². The first-order chi connectivity index (χ1) is 15.3. The number of hydrogen-bond acceptors (Lipinski definition) is 7. The Hall–Kier alpha value is -2.69. The molecule has 8 nitrogen and oxygen atoms in total. The highest BCUT2D eigenvalue weighted by molar-refractivity contribution is 7.89. The summed E-state index contributed by atoms with van der Waals surface area (Å²) in [6, 6.07) is 9.91. The molecule has 3 aromatic rings. The minimum Gasteiger partial charge on any atom is -0.496 e. The molecule has 0 fully saturated rings. The van der Waals surface area contributed by atoms with Gasteiger partial charge in [-0.15, -0.1) is 0 Å². The predicted octanol–water partition coefficient (Wildman–Crippen LogP) is 4.38. The van der Waals surface area contributed by atoms with Gasteiger partial charge in [-0.3, -0.25) is 10.1 Å². The monoisotopic (exact) mass is 477 g/mol. The Morgan fingerprint density at radius 1 is 1.06 bits per heavy atom. The van der Waals surface area contributed by atoms with Crippen LogP contribution in [0.4, 0.5) is 5.13 Å². The number of nitrogens with zero attached hydrogens (tertiary/aromatic N) is 2. The van der Waals surface area contributed by atoms with Crippen LogP contribution in [-0.2, 0) is 10.0 Å². The van der Waals surface area contributed by atoms with E-state index in [1.165, 1.54) is 29.9 Å². The fraction of sp³-hybridized carbons (Fsp3) is 0.364. The molecule has 0 aliphatic heterocycles. The molecule has 2 aromatic carbocycles. The maximum absolute atomic E-state index is 13.1. The quantitative estimate of drug-likeness (QED) is 0.465. The molecule has 10 heteroatoms. The molecule has 0 bridgehead atoms. The van der Waals surface area contributed by atoms with E-state index in [0.717, 1.165) is 12.8 Å². The van der Waals surface area contributed by atoms with Gasteiger partial charge < -0.3 is 9.47 Å². The number of thiazole rings is 1. The van der Waals surface area contributed by atoms with Crippen LogP contribution in [0.5, 0.6) is 11.5 Å². The van der Waals surface area contributed by atoms with Gasteiger partial charge in [-0.25, -0.2) is 13.4 Å². The average molecular weight is 478 g/mol. The summed E-state index contributed by atoms with van der Waals surface area (Å²) in [7, 11) is -0.644. The van der Waals surface area contributed by atoms with Crippen LogP contribution in [0, 0.1) is 0 Å². The van der Waals surface area contributed by atoms with Crippen LogP contribution < -0.4 is 14.8 Å². The summed E-state index contributed by atoms with van der Waals surface area (Å²) in [5.41, 5.74) is 0.864. The standard InChI is InChI=1S/C22H27N3O5S2/c1-5-12-25(13-6-2)32(27,28)15-10-11-16-19(14-15)31-22(23-16)24-21(26)20-17(29-3)8-7-9-18(20)30-4/h7-11,14H,5-6,12-13H2,1-4H3,(H,23,24,26). The summed E-state index contributed by atoms with van der Waals surface area (Å²) >= 11 is 1.21. The SMILES string of the molecule is CCCN(CCC)S(=O)(=O)c1ccc2nc(NC(=O)c3c(OC)cccc3OC)sc2c1. The molecule has 1 heterocycles. The normalized spacial score (nSPS) is 11.7. The lowest BCUT2D eigenvalue weighted by atomic mass is 10.1. The number of fused-ring (bicyclic) bond motifs is 1. The lowest BCUT2D eigenvalue weighted by molar-refractivity contribution is 0.102. The zero-order valence-corrected chi connectivity index (χ0v) is 20.2. The zero-order chi connectivity index (χ0) is 23.3. The van der Waals surface area contributed by atoms with Crippen LogP contribution >= 0.6 is 11.3 Å². The number of anilines is 1. The first-order valence-electron chi connectivity index (χ1n) is 10.3. The second kappa shape index (κ2) is 10.3. The van der Waals surface area contributed by atoms with Crippen molar-refractivity contribution in [3.63, 3.8) is 0 Å². The number of benzene rings is 2. The number of carbonyl (C=O) groups excluding carboxylic acids is 1. The Labute approximate surface area is 192 Å². The van der Waals surface area contributed by atoms with Crippen molar-refractivity contribution in [2.24, 2.45) is 0 Å². The second-order valence-electron chi connectivity index (χ2n) is 7.04. The number of sulfonamides is 1. The summed E-state index contributed by atoms with van der Waals surface area (Å²) in [5, 5.41) is 3.12. The molecule has 1 amide bonds. The van der Waals surface area contributed by atoms with Gasteiger partial charge in [0.15, 0.2) is 5.13 Å². The van der Waals surface area contributed by atoms with E-state index in [9.17, 15) is 13.2 Å². The molecule has 3 rings (SSSR count). The van der Waals surface area contributed by atoms with Crippen molar-refractivity contribution in [3.8, 4) is 11.5 Å². The Morgan fingerprint density at radius 3 is 2.25 bits per heavy atom. The van der Waals surface area contributed by atoms with Crippen molar-refractivity contribution < 1.29 is 22.7 Å². The molecule has 0 saturated carbocycles. The summed E-state index contributed by atoms with van der Waals surface area (Å²) in [5.74, 6) is 0.329. The molecule has 0 radical (unpaired) electrons. The van der Waals surface area contributed by atoms with Gasteiger partial charge in [0.25, 0.3) is 5.91 Å². The summed E-state index contributed by atoms with van der Waals surface area (Å²) in [6.45, 7) is 4.85. The minimum absolute atomic E-state index is 0.222. The van der Waals surface area contributed by atoms with Crippen molar-refractivity contribution in [3.05, 3.63) is 42.0 Å². The van der Waals surface area contributed by atoms with E-state index in [0.29, 0.717) is 39.9 Å². The minimum atomic E-state index is -3.60. The highest BCUT2D eigenvalue weighted by Gasteiger charge is 2.24. The van der Waals surface area contributed by atoms with E-state index in [1.807, 2.05) is 13.8 Å². The molecule has 0 aliphatic rings. The van der Waals surface area contributed by atoms with Gasteiger partial charge in [-0.05, 0) is 43.2 Å². The van der Waals surface area contributed by atoms with E-state index < -0.39 is 15.9 Å². The third kappa shape index (κ3) is 4.87. The molecule has 0 aliphatic carbocycles. The number of amides is 1. The van der Waals surface area contributed by atoms with Crippen LogP contribution in [0.25, 0.3) is 10.2 Å². The van der Waals surface area contributed by atoms with Crippen LogP contribution in [0.3, 0.4) is 0 Å². The molecule has 0 unspecified atom stereocenters. The van der Waals surface area contributed by atoms with Gasteiger partial charge in [0, 0.05) is 13.1 Å². The molecular formula is C22H27N3O5S2. The van der Waals surface area contributed by atoms with Gasteiger partial charge in [-0.1, -0.05) is 31.3 Å². The van der Waals surface area contributed by atoms with Crippen LogP contribution in [0.2, 0.25) is 0 Å². The van der Waals surface area contributed by atoms with E-state index in [4.69, 9.17) is 9.47 Å². The lowest BCUT2D eigenvalue weighted by Crippen LogP contribution is -2.32. The van der Waals surface area contributed by atoms with Crippen LogP contribution in [0.15, 0.2) is 41.3 Å². The fourth-order valence-corrected chi connectivity index (χ4v) is 5.98. The molecule has 1 N–H and O–H groups in total. The molecule has 1 aromatic heterocycles. The summed E-state index contributed by atoms with van der Waals surface area (Å²) in [6.07, 6.45) is 1.48. The predicted molar refractivity (Wildman–Crippen MR) is 126 cm³/mol. The zero-order valence-electron chi connectivity index (χ0n) is 18.5. The highest BCUT2D eigenvalue weighted by Crippen LogP contribution is 2.32. The van der Waals surface area contributed by atoms with E-state index in [-0.39, 0.29) is 10.5 Å². The average Bonchev–Trinajstić information content (AvgIpc) is 3.19. The molecule has 0 spiro atoms. The summed E-state index contributed by atoms with van der Waals surface area (Å²) in [4.78, 5) is 17.6. The van der Waals surface area contributed by atoms with Crippen molar-refractivity contribution in [2.45, 2.75) is 31.6 Å². The number of rotatable bonds is 10. The molecular weight excluding hydrogens is 450 g/mol. The van der Waals surface area contributed by atoms with Crippen molar-refractivity contribution >= 4 is 42.6 Å². The fourth-order valence-electron chi connectivity index (χ4n) is 3.35. The number of carbonyl (C=O) groups is 1. The molecule has 0 saturated heterocycles. The molecule has 172 valence electrons. The third-order valence-electron chi connectivity index (χ3n) is 4.82. The van der Waals surface area contributed by atoms with Gasteiger partial charge in [-0.2, -0.15) is 4.31 Å². The number of nitrogens with one attached hydrogen (secondary N) is 1. The Balaban J connectivity index is 1.91. The highest BCUT2D eigenvalue weighted by atomic mass is 32.2. The van der Waals surface area contributed by atoms with E-state index in [2.05, 4.69) is 10.3 Å². The topological polar surface area (TPSA) is 97.8 Å². The van der Waals surface area contributed by atoms with Gasteiger partial charge in [0.2, 0.25) is 10.0 Å². The van der Waals surface area contributed by atoms with Crippen molar-refractivity contribution in [2.75, 3.05) is 32.6 Å². The van der Waals surface area contributed by atoms with E-state index >= 15 is 0 Å².